The molecule has 0 N–H and O–H groups in total. The van der Waals surface area contributed by atoms with Crippen LogP contribution in [0, 0.1) is 11.3 Å². The molecular weight excluding hydrogens is 404 g/mol. The van der Waals surface area contributed by atoms with Crippen LogP contribution in [0.15, 0.2) is 64.1 Å². The van der Waals surface area contributed by atoms with E-state index in [2.05, 4.69) is 46.3 Å². The molecule has 1 heterocycles. The molecule has 2 aromatic carbocycles. The fourth-order valence-corrected chi connectivity index (χ4v) is 4.66. The molecule has 26 heavy (non-hydrogen) atoms. The number of hydrogen-bond acceptors (Lipinski definition) is 3. The predicted octanol–water partition coefficient (Wildman–Crippen LogP) is 6.16. The summed E-state index contributed by atoms with van der Waals surface area (Å²) in [6, 6.07) is 21.1. The van der Waals surface area contributed by atoms with Crippen molar-refractivity contribution in [2.75, 3.05) is 0 Å². The Morgan fingerprint density at radius 2 is 1.73 bits per heavy atom. The molecule has 0 saturated carbocycles. The number of nitrogens with zero attached hydrogens (tertiary/aromatic N) is 2. The molecule has 0 atom stereocenters. The summed E-state index contributed by atoms with van der Waals surface area (Å²) in [5.74, 6) is 0.821. The third-order valence-corrected chi connectivity index (χ3v) is 6.26. The van der Waals surface area contributed by atoms with Crippen molar-refractivity contribution in [1.29, 1.82) is 5.26 Å². The highest BCUT2D eigenvalue weighted by molar-refractivity contribution is 9.10. The molecule has 0 unspecified atom stereocenters. The van der Waals surface area contributed by atoms with Crippen molar-refractivity contribution < 1.29 is 0 Å². The van der Waals surface area contributed by atoms with E-state index >= 15 is 0 Å². The average Bonchev–Trinajstić information content (AvgIpc) is 3.16. The Morgan fingerprint density at radius 3 is 2.46 bits per heavy atom. The van der Waals surface area contributed by atoms with Crippen LogP contribution in [0.1, 0.15) is 28.7 Å². The molecule has 128 valence electrons. The molecule has 4 rings (SSSR count). The van der Waals surface area contributed by atoms with Crippen LogP contribution in [-0.4, -0.2) is 4.98 Å². The van der Waals surface area contributed by atoms with Crippen LogP contribution < -0.4 is 0 Å². The zero-order chi connectivity index (χ0) is 17.9. The van der Waals surface area contributed by atoms with Crippen LogP contribution in [0.2, 0.25) is 0 Å². The van der Waals surface area contributed by atoms with Crippen molar-refractivity contribution in [2.45, 2.75) is 30.0 Å². The minimum Gasteiger partial charge on any atom is -0.240 e. The number of hydrogen-bond donors (Lipinski definition) is 0. The first-order chi connectivity index (χ1) is 12.8. The largest absolute Gasteiger partial charge is 0.240 e. The van der Waals surface area contributed by atoms with E-state index in [0.29, 0.717) is 0 Å². The van der Waals surface area contributed by atoms with Gasteiger partial charge in [0.2, 0.25) is 0 Å². The van der Waals surface area contributed by atoms with Gasteiger partial charge in [0, 0.05) is 15.8 Å². The van der Waals surface area contributed by atoms with Gasteiger partial charge in [0.1, 0.15) is 11.1 Å². The van der Waals surface area contributed by atoms with E-state index in [0.717, 1.165) is 51.3 Å². The quantitative estimate of drug-likeness (QED) is 0.473. The third-order valence-electron chi connectivity index (χ3n) is 4.68. The third kappa shape index (κ3) is 3.42. The van der Waals surface area contributed by atoms with Gasteiger partial charge >= 0.3 is 0 Å². The second-order valence-electron chi connectivity index (χ2n) is 6.34. The molecule has 3 aromatic rings. The van der Waals surface area contributed by atoms with Gasteiger partial charge in [-0.25, -0.2) is 4.98 Å². The lowest BCUT2D eigenvalue weighted by Gasteiger charge is -2.14. The van der Waals surface area contributed by atoms with Crippen LogP contribution in [0.5, 0.6) is 0 Å². The predicted molar refractivity (Wildman–Crippen MR) is 110 cm³/mol. The van der Waals surface area contributed by atoms with Crippen molar-refractivity contribution in [3.05, 3.63) is 81.3 Å². The van der Waals surface area contributed by atoms with Gasteiger partial charge in [-0.1, -0.05) is 58.4 Å². The maximum absolute atomic E-state index is 9.77. The molecule has 0 aliphatic heterocycles. The summed E-state index contributed by atoms with van der Waals surface area (Å²) in [4.78, 5) is 4.96. The van der Waals surface area contributed by atoms with Gasteiger partial charge < -0.3 is 0 Å². The van der Waals surface area contributed by atoms with Crippen molar-refractivity contribution in [2.24, 2.45) is 0 Å². The minimum atomic E-state index is 0.777. The van der Waals surface area contributed by atoms with Crippen molar-refractivity contribution in [1.82, 2.24) is 4.98 Å². The Morgan fingerprint density at radius 1 is 1.00 bits per heavy atom. The molecule has 1 aliphatic rings. The average molecular weight is 421 g/mol. The highest BCUT2D eigenvalue weighted by atomic mass is 79.9. The van der Waals surface area contributed by atoms with Crippen LogP contribution in [-0.2, 0) is 18.6 Å². The number of thioether (sulfide) groups is 1. The number of halogens is 1. The molecular formula is C22H17BrN2S. The highest BCUT2D eigenvalue weighted by Gasteiger charge is 2.24. The summed E-state index contributed by atoms with van der Waals surface area (Å²) < 4.78 is 1.06. The van der Waals surface area contributed by atoms with Gasteiger partial charge in [0.25, 0.3) is 0 Å². The fourth-order valence-electron chi connectivity index (χ4n) is 3.43. The minimum absolute atomic E-state index is 0.777. The molecule has 0 fully saturated rings. The zero-order valence-electron chi connectivity index (χ0n) is 14.2. The lowest BCUT2D eigenvalue weighted by atomic mass is 10.00. The molecule has 1 aliphatic carbocycles. The first kappa shape index (κ1) is 17.3. The van der Waals surface area contributed by atoms with Gasteiger partial charge in [0.15, 0.2) is 0 Å². The molecule has 2 nitrogen and oxygen atoms in total. The molecule has 0 saturated heterocycles. The van der Waals surface area contributed by atoms with Gasteiger partial charge in [-0.05, 0) is 48.1 Å². The maximum Gasteiger partial charge on any atom is 0.115 e. The molecule has 0 radical (unpaired) electrons. The molecule has 0 bridgehead atoms. The Labute approximate surface area is 166 Å². The second-order valence-corrected chi connectivity index (χ2v) is 8.22. The van der Waals surface area contributed by atoms with E-state index in [1.807, 2.05) is 30.3 Å². The monoisotopic (exact) mass is 420 g/mol. The van der Waals surface area contributed by atoms with Crippen LogP contribution >= 0.6 is 27.7 Å². The Balaban J connectivity index is 1.77. The first-order valence-corrected chi connectivity index (χ1v) is 10.4. The zero-order valence-corrected chi connectivity index (χ0v) is 16.6. The summed E-state index contributed by atoms with van der Waals surface area (Å²) >= 11 is 5.16. The van der Waals surface area contributed by atoms with Gasteiger partial charge in [-0.2, -0.15) is 5.26 Å². The van der Waals surface area contributed by atoms with Crippen LogP contribution in [0.25, 0.3) is 11.3 Å². The Kier molecular flexibility index (Phi) is 5.10. The number of pyridine rings is 1. The number of rotatable bonds is 4. The Bertz CT molecular complexity index is 976. The second kappa shape index (κ2) is 7.65. The molecule has 1 aromatic heterocycles. The van der Waals surface area contributed by atoms with Gasteiger partial charge in [-0.3, -0.25) is 0 Å². The normalized spacial score (nSPS) is 12.6. The van der Waals surface area contributed by atoms with E-state index in [9.17, 15) is 5.26 Å². The van der Waals surface area contributed by atoms with E-state index in [1.165, 1.54) is 16.7 Å². The number of nitriles is 1. The number of fused-ring (bicyclic) bond motifs is 1. The van der Waals surface area contributed by atoms with Crippen molar-refractivity contribution in [3.63, 3.8) is 0 Å². The standard InChI is InChI=1S/C22H17BrN2S/c23-17-11-9-16(10-12-17)21-19-8-4-7-18(19)20(13-24)22(25-21)26-14-15-5-2-1-3-6-15/h1-3,5-6,9-12H,4,7-8,14H2. The van der Waals surface area contributed by atoms with E-state index in [1.54, 1.807) is 11.8 Å². The van der Waals surface area contributed by atoms with Gasteiger partial charge in [0.05, 0.1) is 11.3 Å². The molecule has 4 heteroatoms. The first-order valence-electron chi connectivity index (χ1n) is 8.65. The van der Waals surface area contributed by atoms with Gasteiger partial charge in [-0.15, -0.1) is 11.8 Å². The maximum atomic E-state index is 9.77. The smallest absolute Gasteiger partial charge is 0.115 e. The highest BCUT2D eigenvalue weighted by Crippen LogP contribution is 2.38. The van der Waals surface area contributed by atoms with Crippen LogP contribution in [0.4, 0.5) is 0 Å². The van der Waals surface area contributed by atoms with Crippen molar-refractivity contribution >= 4 is 27.7 Å². The number of benzene rings is 2. The Hall–Kier alpha value is -2.09. The lowest BCUT2D eigenvalue weighted by Crippen LogP contribution is -2.00. The summed E-state index contributed by atoms with van der Waals surface area (Å²) in [7, 11) is 0. The fraction of sp³-hybridized carbons (Fsp3) is 0.182. The van der Waals surface area contributed by atoms with Crippen LogP contribution in [0.3, 0.4) is 0 Å². The summed E-state index contributed by atoms with van der Waals surface area (Å²) in [5, 5.41) is 10.6. The topological polar surface area (TPSA) is 36.7 Å². The number of aromatic nitrogens is 1. The van der Waals surface area contributed by atoms with E-state index < -0.39 is 0 Å². The SMILES string of the molecule is N#Cc1c(SCc2ccccc2)nc(-c2ccc(Br)cc2)c2c1CCC2. The van der Waals surface area contributed by atoms with Crippen molar-refractivity contribution in [3.8, 4) is 17.3 Å². The summed E-state index contributed by atoms with van der Waals surface area (Å²) in [6.45, 7) is 0. The summed E-state index contributed by atoms with van der Waals surface area (Å²) in [6.07, 6.45) is 3.08. The van der Waals surface area contributed by atoms with E-state index in [4.69, 9.17) is 4.98 Å². The summed E-state index contributed by atoms with van der Waals surface area (Å²) in [5.41, 5.74) is 6.65. The van der Waals surface area contributed by atoms with E-state index in [-0.39, 0.29) is 0 Å². The molecule has 0 spiro atoms. The molecule has 0 amide bonds. The lowest BCUT2D eigenvalue weighted by molar-refractivity contribution is 0.910.